The number of aromatic nitrogens is 2. The van der Waals surface area contributed by atoms with Crippen LogP contribution < -0.4 is 21.7 Å². The predicted molar refractivity (Wildman–Crippen MR) is 124 cm³/mol. The second-order valence-electron chi connectivity index (χ2n) is 9.76. The Morgan fingerprint density at radius 3 is 1.32 bits per heavy atom. The molecular weight excluding hydrogens is 440 g/mol. The van der Waals surface area contributed by atoms with Crippen LogP contribution in [-0.4, -0.2) is 97.9 Å². The summed E-state index contributed by atoms with van der Waals surface area (Å²) in [6.07, 6.45) is 2.86. The van der Waals surface area contributed by atoms with Gasteiger partial charge in [0.05, 0.1) is 53.7 Å². The minimum atomic E-state index is -0.521. The van der Waals surface area contributed by atoms with E-state index in [1.807, 2.05) is 42.3 Å². The zero-order valence-electron chi connectivity index (χ0n) is 20.3. The van der Waals surface area contributed by atoms with Gasteiger partial charge < -0.3 is 8.97 Å². The third kappa shape index (κ3) is 8.92. The zero-order chi connectivity index (χ0) is 25.5. The van der Waals surface area contributed by atoms with Crippen molar-refractivity contribution < 1.29 is 28.1 Å². The van der Waals surface area contributed by atoms with Gasteiger partial charge in [-0.25, -0.2) is 0 Å². The normalized spacial score (nSPS) is 11.4. The Balaban J connectivity index is 2.05. The summed E-state index contributed by atoms with van der Waals surface area (Å²) < 4.78 is 0.826. The first-order valence-corrected chi connectivity index (χ1v) is 10.5. The highest BCUT2D eigenvalue weighted by atomic mass is 16.2. The molecule has 0 bridgehead atoms. The van der Waals surface area contributed by atoms with Crippen LogP contribution in [0.2, 0.25) is 0 Å². The number of nitrogens with one attached hydrogen (secondary N) is 4. The van der Waals surface area contributed by atoms with Gasteiger partial charge in [0.15, 0.2) is 13.1 Å². The number of hydrogen-bond acceptors (Lipinski definition) is 6. The quantitative estimate of drug-likeness (QED) is 0.303. The fourth-order valence-corrected chi connectivity index (χ4v) is 2.76. The van der Waals surface area contributed by atoms with Crippen LogP contribution in [0.25, 0.3) is 11.4 Å². The fourth-order valence-electron chi connectivity index (χ4n) is 2.76. The van der Waals surface area contributed by atoms with Crippen molar-refractivity contribution >= 4 is 23.6 Å². The van der Waals surface area contributed by atoms with Crippen molar-refractivity contribution in [2.75, 3.05) is 55.4 Å². The first-order valence-electron chi connectivity index (χ1n) is 10.5. The molecule has 0 spiro atoms. The highest BCUT2D eigenvalue weighted by Crippen LogP contribution is 2.16. The molecule has 34 heavy (non-hydrogen) atoms. The smallest absolute Gasteiger partial charge is 0.293 e. The van der Waals surface area contributed by atoms with E-state index in [1.54, 1.807) is 0 Å². The maximum Gasteiger partial charge on any atom is 0.293 e. The van der Waals surface area contributed by atoms with Crippen molar-refractivity contribution in [2.45, 2.75) is 0 Å². The molecule has 2 heterocycles. The van der Waals surface area contributed by atoms with E-state index >= 15 is 0 Å². The lowest BCUT2D eigenvalue weighted by Crippen LogP contribution is -2.49. The minimum absolute atomic E-state index is 0.191. The number of carbonyl (C=O) groups excluding carboxylic acids is 4. The molecule has 0 radical (unpaired) electrons. The summed E-state index contributed by atoms with van der Waals surface area (Å²) in [5, 5.41) is 0. The molecule has 0 saturated heterocycles. The molecule has 0 aliphatic heterocycles. The zero-order valence-corrected chi connectivity index (χ0v) is 20.3. The molecule has 12 nitrogen and oxygen atoms in total. The highest BCUT2D eigenvalue weighted by Gasteiger charge is 2.17. The number of carbonyl (C=O) groups is 4. The number of hydrazine groups is 2. The van der Waals surface area contributed by atoms with Crippen molar-refractivity contribution in [2.24, 2.45) is 0 Å². The van der Waals surface area contributed by atoms with Gasteiger partial charge in [-0.2, -0.15) is 0 Å². The van der Waals surface area contributed by atoms with E-state index in [1.165, 1.54) is 36.7 Å². The van der Waals surface area contributed by atoms with E-state index in [4.69, 9.17) is 0 Å². The van der Waals surface area contributed by atoms with Gasteiger partial charge in [0.1, 0.15) is 0 Å². The molecule has 4 N–H and O–H groups in total. The van der Waals surface area contributed by atoms with Crippen molar-refractivity contribution in [3.05, 3.63) is 47.8 Å². The molecule has 12 heteroatoms. The molecule has 2 aromatic heterocycles. The molecule has 4 amide bonds. The summed E-state index contributed by atoms with van der Waals surface area (Å²) in [5.74, 6) is -1.70. The van der Waals surface area contributed by atoms with Crippen LogP contribution in [-0.2, 0) is 9.59 Å². The molecule has 0 aliphatic carbocycles. The number of rotatable bonds is 7. The number of quaternary nitrogens is 2. The lowest BCUT2D eigenvalue weighted by Gasteiger charge is -2.22. The maximum absolute atomic E-state index is 12.4. The number of hydrogen-bond donors (Lipinski definition) is 4. The Bertz CT molecular complexity index is 988. The van der Waals surface area contributed by atoms with Gasteiger partial charge in [0, 0.05) is 23.5 Å². The van der Waals surface area contributed by atoms with Gasteiger partial charge in [-0.3, -0.25) is 50.8 Å². The van der Waals surface area contributed by atoms with Crippen LogP contribution in [0.4, 0.5) is 0 Å². The molecule has 0 aromatic carbocycles. The van der Waals surface area contributed by atoms with Crippen molar-refractivity contribution in [3.8, 4) is 11.4 Å². The Morgan fingerprint density at radius 2 is 1.00 bits per heavy atom. The minimum Gasteiger partial charge on any atom is -0.323 e. The first kappa shape index (κ1) is 26.4. The molecule has 182 valence electrons. The van der Waals surface area contributed by atoms with Crippen molar-refractivity contribution in [3.63, 3.8) is 0 Å². The Labute approximate surface area is 198 Å². The number of pyridine rings is 2. The standard InChI is InChI=1S/C22H30N8O4/c1-29(2,3)13-19(31)25-27-21(33)15-7-9-23-17(11-15)18-12-16(8-10-24-18)22(34)28-26-20(32)14-30(4,5)6/h7-12H,13-14H2,1-6H3,(H2-2,23,24,25,26,27,28,31,32,33,34)/p+2. The molecule has 2 aromatic rings. The van der Waals surface area contributed by atoms with E-state index < -0.39 is 11.8 Å². The molecule has 2 rings (SSSR count). The predicted octanol–water partition coefficient (Wildman–Crippen LogP) is -0.922. The van der Waals surface area contributed by atoms with Crippen LogP contribution >= 0.6 is 0 Å². The Hall–Kier alpha value is -3.90. The second-order valence-corrected chi connectivity index (χ2v) is 9.76. The Kier molecular flexibility index (Phi) is 8.38. The van der Waals surface area contributed by atoms with Gasteiger partial charge in [-0.05, 0) is 24.3 Å². The van der Waals surface area contributed by atoms with Crippen LogP contribution in [0.3, 0.4) is 0 Å². The fraction of sp³-hybridized carbons (Fsp3) is 0.364. The summed E-state index contributed by atoms with van der Waals surface area (Å²) in [6.45, 7) is 0.382. The van der Waals surface area contributed by atoms with E-state index in [0.717, 1.165) is 0 Å². The van der Waals surface area contributed by atoms with Gasteiger partial charge in [0.25, 0.3) is 23.6 Å². The molecule has 0 atom stereocenters. The Morgan fingerprint density at radius 1 is 0.647 bits per heavy atom. The average molecular weight is 473 g/mol. The summed E-state index contributed by atoms with van der Waals surface area (Å²) in [6, 6.07) is 5.97. The summed E-state index contributed by atoms with van der Waals surface area (Å²) in [5.41, 5.74) is 10.7. The van der Waals surface area contributed by atoms with E-state index in [-0.39, 0.29) is 36.0 Å². The number of likely N-dealkylation sites (N-methyl/N-ethyl adjacent to an activating group) is 2. The molecule has 0 fully saturated rings. The molecule has 0 saturated carbocycles. The first-order chi connectivity index (χ1) is 15.7. The van der Waals surface area contributed by atoms with Gasteiger partial charge >= 0.3 is 0 Å². The van der Waals surface area contributed by atoms with Crippen LogP contribution in [0, 0.1) is 0 Å². The summed E-state index contributed by atoms with van der Waals surface area (Å²) in [4.78, 5) is 57.1. The van der Waals surface area contributed by atoms with Gasteiger partial charge in [-0.15, -0.1) is 0 Å². The monoisotopic (exact) mass is 472 g/mol. The number of nitrogens with zero attached hydrogens (tertiary/aromatic N) is 4. The van der Waals surface area contributed by atoms with Crippen LogP contribution in [0.15, 0.2) is 36.7 Å². The highest BCUT2D eigenvalue weighted by molar-refractivity contribution is 5.97. The third-order valence-electron chi connectivity index (χ3n) is 4.17. The van der Waals surface area contributed by atoms with Gasteiger partial charge in [-0.1, -0.05) is 0 Å². The summed E-state index contributed by atoms with van der Waals surface area (Å²) in [7, 11) is 11.1. The third-order valence-corrected chi connectivity index (χ3v) is 4.17. The van der Waals surface area contributed by atoms with Crippen LogP contribution in [0.1, 0.15) is 20.7 Å². The number of amides is 4. The van der Waals surface area contributed by atoms with Crippen LogP contribution in [0.5, 0.6) is 0 Å². The van der Waals surface area contributed by atoms with E-state index in [9.17, 15) is 19.2 Å². The second kappa shape index (κ2) is 10.8. The van der Waals surface area contributed by atoms with Gasteiger partial charge in [0.2, 0.25) is 0 Å². The SMILES string of the molecule is C[N+](C)(C)CC(=O)NNC(=O)c1ccnc(-c2cc(C(=O)NNC(=O)C[N+](C)(C)C)ccn2)c1. The maximum atomic E-state index is 12.4. The van der Waals surface area contributed by atoms with Crippen molar-refractivity contribution in [1.82, 2.24) is 31.7 Å². The molecular formula is C22H32N8O4+2. The molecule has 0 aliphatic rings. The lowest BCUT2D eigenvalue weighted by atomic mass is 10.1. The lowest BCUT2D eigenvalue weighted by molar-refractivity contribution is -0.862. The molecule has 0 unspecified atom stereocenters. The topological polar surface area (TPSA) is 142 Å². The largest absolute Gasteiger partial charge is 0.323 e. The average Bonchev–Trinajstić information content (AvgIpc) is 2.73. The van der Waals surface area contributed by atoms with E-state index in [2.05, 4.69) is 31.7 Å². The van der Waals surface area contributed by atoms with E-state index in [0.29, 0.717) is 20.4 Å². The van der Waals surface area contributed by atoms with Crippen molar-refractivity contribution in [1.29, 1.82) is 0 Å². The summed E-state index contributed by atoms with van der Waals surface area (Å²) >= 11 is 0.